The summed E-state index contributed by atoms with van der Waals surface area (Å²) in [7, 11) is 0. The first-order chi connectivity index (χ1) is 8.19. The lowest BCUT2D eigenvalue weighted by Gasteiger charge is -2.17. The number of para-hydroxylation sites is 1. The standard InChI is InChI=1S/C14H21Cl2N/c1-3-5-7-11(4-2)10-17-14-12(15)8-6-9-13(14)16/h6,8-9,11,17H,3-5,7,10H2,1-2H3. The van der Waals surface area contributed by atoms with E-state index in [1.807, 2.05) is 18.2 Å². The van der Waals surface area contributed by atoms with E-state index in [0.717, 1.165) is 12.2 Å². The maximum Gasteiger partial charge on any atom is 0.0719 e. The van der Waals surface area contributed by atoms with Gasteiger partial charge in [0.1, 0.15) is 0 Å². The molecule has 0 aliphatic carbocycles. The highest BCUT2D eigenvalue weighted by Gasteiger charge is 2.09. The Morgan fingerprint density at radius 3 is 2.35 bits per heavy atom. The Hall–Kier alpha value is -0.400. The average Bonchev–Trinajstić information content (AvgIpc) is 2.32. The van der Waals surface area contributed by atoms with Crippen LogP contribution in [0.5, 0.6) is 0 Å². The lowest BCUT2D eigenvalue weighted by atomic mass is 9.99. The first-order valence-corrected chi connectivity index (χ1v) is 7.12. The van der Waals surface area contributed by atoms with Crippen molar-refractivity contribution < 1.29 is 0 Å². The van der Waals surface area contributed by atoms with E-state index < -0.39 is 0 Å². The monoisotopic (exact) mass is 273 g/mol. The topological polar surface area (TPSA) is 12.0 Å². The predicted octanol–water partition coefficient (Wildman–Crippen LogP) is 5.62. The van der Waals surface area contributed by atoms with Gasteiger partial charge in [-0.05, 0) is 24.5 Å². The van der Waals surface area contributed by atoms with Crippen molar-refractivity contribution in [3.63, 3.8) is 0 Å². The smallest absolute Gasteiger partial charge is 0.0719 e. The molecule has 0 radical (unpaired) electrons. The fourth-order valence-electron chi connectivity index (χ4n) is 1.86. The minimum atomic E-state index is 0.697. The molecule has 1 N–H and O–H groups in total. The van der Waals surface area contributed by atoms with Crippen molar-refractivity contribution in [1.29, 1.82) is 0 Å². The summed E-state index contributed by atoms with van der Waals surface area (Å²) in [5.41, 5.74) is 0.866. The van der Waals surface area contributed by atoms with Crippen LogP contribution < -0.4 is 5.32 Å². The molecule has 0 amide bonds. The van der Waals surface area contributed by atoms with E-state index >= 15 is 0 Å². The fourth-order valence-corrected chi connectivity index (χ4v) is 2.39. The van der Waals surface area contributed by atoms with Crippen LogP contribution in [0.15, 0.2) is 18.2 Å². The Labute approximate surface area is 115 Å². The van der Waals surface area contributed by atoms with Crippen LogP contribution in [0.4, 0.5) is 5.69 Å². The molecular weight excluding hydrogens is 253 g/mol. The van der Waals surface area contributed by atoms with Crippen molar-refractivity contribution in [2.24, 2.45) is 5.92 Å². The van der Waals surface area contributed by atoms with Crippen LogP contribution >= 0.6 is 23.2 Å². The average molecular weight is 274 g/mol. The number of halogens is 2. The second kappa shape index (κ2) is 7.84. The van der Waals surface area contributed by atoms with Crippen molar-refractivity contribution in [2.75, 3.05) is 11.9 Å². The van der Waals surface area contributed by atoms with E-state index in [0.29, 0.717) is 16.0 Å². The molecule has 0 heterocycles. The summed E-state index contributed by atoms with van der Waals surface area (Å²) in [4.78, 5) is 0. The van der Waals surface area contributed by atoms with Gasteiger partial charge < -0.3 is 5.32 Å². The molecule has 3 heteroatoms. The predicted molar refractivity (Wildman–Crippen MR) is 78.3 cm³/mol. The molecule has 17 heavy (non-hydrogen) atoms. The van der Waals surface area contributed by atoms with Crippen LogP contribution in [0.25, 0.3) is 0 Å². The lowest BCUT2D eigenvalue weighted by molar-refractivity contribution is 0.473. The van der Waals surface area contributed by atoms with Crippen molar-refractivity contribution in [1.82, 2.24) is 0 Å². The van der Waals surface area contributed by atoms with Crippen LogP contribution in [-0.4, -0.2) is 6.54 Å². The highest BCUT2D eigenvalue weighted by atomic mass is 35.5. The molecule has 1 aromatic carbocycles. The van der Waals surface area contributed by atoms with Gasteiger partial charge in [-0.25, -0.2) is 0 Å². The molecule has 0 saturated heterocycles. The number of anilines is 1. The quantitative estimate of drug-likeness (QED) is 0.680. The summed E-state index contributed by atoms with van der Waals surface area (Å²) in [6, 6.07) is 5.59. The molecule has 0 fully saturated rings. The number of benzene rings is 1. The highest BCUT2D eigenvalue weighted by molar-refractivity contribution is 6.39. The Balaban J connectivity index is 2.53. The third-order valence-corrected chi connectivity index (χ3v) is 3.70. The van der Waals surface area contributed by atoms with Gasteiger partial charge in [-0.3, -0.25) is 0 Å². The molecule has 1 unspecified atom stereocenters. The molecule has 1 aromatic rings. The van der Waals surface area contributed by atoms with Gasteiger partial charge in [-0.2, -0.15) is 0 Å². The number of hydrogen-bond donors (Lipinski definition) is 1. The van der Waals surface area contributed by atoms with Gasteiger partial charge in [-0.15, -0.1) is 0 Å². The van der Waals surface area contributed by atoms with Crippen LogP contribution in [0, 0.1) is 5.92 Å². The summed E-state index contributed by atoms with van der Waals surface area (Å²) in [5, 5.41) is 4.77. The number of hydrogen-bond acceptors (Lipinski definition) is 1. The third-order valence-electron chi connectivity index (χ3n) is 3.07. The third kappa shape index (κ3) is 4.77. The maximum absolute atomic E-state index is 6.11. The minimum Gasteiger partial charge on any atom is -0.382 e. The van der Waals surface area contributed by atoms with E-state index in [-0.39, 0.29) is 0 Å². The molecule has 0 aliphatic rings. The lowest BCUT2D eigenvalue weighted by Crippen LogP contribution is -2.14. The molecule has 1 rings (SSSR count). The first kappa shape index (κ1) is 14.7. The molecule has 0 bridgehead atoms. The van der Waals surface area contributed by atoms with Gasteiger partial charge in [0.2, 0.25) is 0 Å². The largest absolute Gasteiger partial charge is 0.382 e. The van der Waals surface area contributed by atoms with Crippen molar-refractivity contribution in [3.8, 4) is 0 Å². The Kier molecular flexibility index (Phi) is 6.76. The first-order valence-electron chi connectivity index (χ1n) is 6.36. The number of unbranched alkanes of at least 4 members (excludes halogenated alkanes) is 1. The van der Waals surface area contributed by atoms with E-state index in [1.165, 1.54) is 25.7 Å². The normalized spacial score (nSPS) is 12.5. The van der Waals surface area contributed by atoms with Crippen LogP contribution in [-0.2, 0) is 0 Å². The summed E-state index contributed by atoms with van der Waals surface area (Å²) in [6.45, 7) is 5.40. The molecule has 96 valence electrons. The van der Waals surface area contributed by atoms with Gasteiger partial charge in [0.25, 0.3) is 0 Å². The zero-order chi connectivity index (χ0) is 12.7. The summed E-state index contributed by atoms with van der Waals surface area (Å²) < 4.78 is 0. The van der Waals surface area contributed by atoms with Gasteiger partial charge in [0, 0.05) is 6.54 Å². The molecule has 0 aliphatic heterocycles. The van der Waals surface area contributed by atoms with Crippen molar-refractivity contribution in [2.45, 2.75) is 39.5 Å². The molecular formula is C14H21Cl2N. The van der Waals surface area contributed by atoms with Crippen molar-refractivity contribution >= 4 is 28.9 Å². The van der Waals surface area contributed by atoms with Gasteiger partial charge in [-0.1, -0.05) is 62.4 Å². The molecule has 0 spiro atoms. The number of rotatable bonds is 7. The van der Waals surface area contributed by atoms with E-state index in [2.05, 4.69) is 19.2 Å². The van der Waals surface area contributed by atoms with E-state index in [4.69, 9.17) is 23.2 Å². The van der Waals surface area contributed by atoms with Gasteiger partial charge in [0.15, 0.2) is 0 Å². The van der Waals surface area contributed by atoms with Gasteiger partial charge in [0.05, 0.1) is 15.7 Å². The molecule has 1 nitrogen and oxygen atoms in total. The Morgan fingerprint density at radius 1 is 1.18 bits per heavy atom. The molecule has 0 saturated carbocycles. The molecule has 1 atom stereocenters. The summed E-state index contributed by atoms with van der Waals surface area (Å²) in [6.07, 6.45) is 5.00. The van der Waals surface area contributed by atoms with Gasteiger partial charge >= 0.3 is 0 Å². The maximum atomic E-state index is 6.11. The Morgan fingerprint density at radius 2 is 1.82 bits per heavy atom. The van der Waals surface area contributed by atoms with Crippen LogP contribution in [0.1, 0.15) is 39.5 Å². The van der Waals surface area contributed by atoms with Crippen LogP contribution in [0.2, 0.25) is 10.0 Å². The zero-order valence-electron chi connectivity index (χ0n) is 10.6. The SMILES string of the molecule is CCCCC(CC)CNc1c(Cl)cccc1Cl. The van der Waals surface area contributed by atoms with Crippen molar-refractivity contribution in [3.05, 3.63) is 28.2 Å². The number of nitrogens with one attached hydrogen (secondary N) is 1. The zero-order valence-corrected chi connectivity index (χ0v) is 12.1. The Bertz CT molecular complexity index is 319. The van der Waals surface area contributed by atoms with E-state index in [1.54, 1.807) is 0 Å². The van der Waals surface area contributed by atoms with Crippen LogP contribution in [0.3, 0.4) is 0 Å². The van der Waals surface area contributed by atoms with E-state index in [9.17, 15) is 0 Å². The highest BCUT2D eigenvalue weighted by Crippen LogP contribution is 2.30. The second-order valence-corrected chi connectivity index (χ2v) is 5.21. The second-order valence-electron chi connectivity index (χ2n) is 4.39. The molecule has 0 aromatic heterocycles. The minimum absolute atomic E-state index is 0.697. The summed E-state index contributed by atoms with van der Waals surface area (Å²) in [5.74, 6) is 0.697. The fraction of sp³-hybridized carbons (Fsp3) is 0.571. The summed E-state index contributed by atoms with van der Waals surface area (Å²) >= 11 is 12.2.